The highest BCUT2D eigenvalue weighted by Crippen LogP contribution is 2.13. The van der Waals surface area contributed by atoms with Gasteiger partial charge in [-0.1, -0.05) is 55.7 Å². The van der Waals surface area contributed by atoms with Crippen LogP contribution in [0.25, 0.3) is 0 Å². The van der Waals surface area contributed by atoms with Gasteiger partial charge in [0.1, 0.15) is 5.75 Å². The summed E-state index contributed by atoms with van der Waals surface area (Å²) in [5.74, 6) is 0.999. The van der Waals surface area contributed by atoms with E-state index in [2.05, 4.69) is 57.5 Å². The molecule has 0 aliphatic carbocycles. The van der Waals surface area contributed by atoms with Crippen LogP contribution < -0.4 is 15.1 Å². The van der Waals surface area contributed by atoms with Crippen LogP contribution in [-0.2, 0) is 0 Å². The van der Waals surface area contributed by atoms with E-state index in [0.29, 0.717) is 0 Å². The van der Waals surface area contributed by atoms with Crippen LogP contribution in [0.1, 0.15) is 0 Å². The molecule has 0 fully saturated rings. The Morgan fingerprint density at radius 2 is 1.31 bits per heavy atom. The smallest absolute Gasteiger partial charge is 0.118 e. The Morgan fingerprint density at radius 3 is 1.69 bits per heavy atom. The molecule has 0 radical (unpaired) electrons. The molecule has 1 aromatic carbocycles. The first-order valence-electron chi connectivity index (χ1n) is 5.85. The Balaban J connectivity index is 3.40. The van der Waals surface area contributed by atoms with Crippen LogP contribution in [0.4, 0.5) is 0 Å². The summed E-state index contributed by atoms with van der Waals surface area (Å²) in [6.45, 7) is 14.5. The van der Waals surface area contributed by atoms with E-state index in [1.54, 1.807) is 17.5 Å². The van der Waals surface area contributed by atoms with Crippen molar-refractivity contribution < 1.29 is 4.74 Å². The van der Waals surface area contributed by atoms with E-state index in [4.69, 9.17) is 4.74 Å². The van der Waals surface area contributed by atoms with Gasteiger partial charge in [0.15, 0.2) is 0 Å². The van der Waals surface area contributed by atoms with E-state index < -0.39 is 16.1 Å². The largest absolute Gasteiger partial charge is 0.497 e. The quantitative estimate of drug-likeness (QED) is 0.752. The predicted molar refractivity (Wildman–Crippen MR) is 79.0 cm³/mol. The van der Waals surface area contributed by atoms with E-state index in [-0.39, 0.29) is 0 Å². The summed E-state index contributed by atoms with van der Waals surface area (Å²) in [6.07, 6.45) is 0. The van der Waals surface area contributed by atoms with Gasteiger partial charge in [0.25, 0.3) is 0 Å². The summed E-state index contributed by atoms with van der Waals surface area (Å²) < 4.78 is 5.36. The topological polar surface area (TPSA) is 9.23 Å². The molecule has 16 heavy (non-hydrogen) atoms. The van der Waals surface area contributed by atoms with E-state index in [9.17, 15) is 0 Å². The van der Waals surface area contributed by atoms with E-state index in [1.165, 1.54) is 0 Å². The third-order valence-electron chi connectivity index (χ3n) is 2.84. The Labute approximate surface area is 102 Å². The van der Waals surface area contributed by atoms with Gasteiger partial charge in [-0.15, -0.1) is 0 Å². The van der Waals surface area contributed by atoms with Crippen LogP contribution >= 0.6 is 0 Å². The highest BCUT2D eigenvalue weighted by Gasteiger charge is 2.27. The van der Waals surface area contributed by atoms with Crippen LogP contribution in [0.15, 0.2) is 18.2 Å². The van der Waals surface area contributed by atoms with Crippen molar-refractivity contribution in [2.24, 2.45) is 0 Å². The number of benzene rings is 1. The second-order valence-corrected chi connectivity index (χ2v) is 16.5. The Morgan fingerprint density at radius 1 is 0.812 bits per heavy atom. The first-order chi connectivity index (χ1) is 7.16. The molecule has 0 aliphatic heterocycles. The summed E-state index contributed by atoms with van der Waals surface area (Å²) in [5.41, 5.74) is 0. The SMILES string of the molecule is COc1ccc([Si](C)(C)C)c([Si](C)(C)C)c1. The fourth-order valence-corrected chi connectivity index (χ4v) is 7.10. The molecule has 0 aromatic heterocycles. The average molecular weight is 253 g/mol. The summed E-state index contributed by atoms with van der Waals surface area (Å²) in [6, 6.07) is 6.66. The molecular formula is C13H24OSi2. The van der Waals surface area contributed by atoms with Gasteiger partial charge in [0, 0.05) is 0 Å². The highest BCUT2D eigenvalue weighted by molar-refractivity contribution is 6.98. The molecule has 1 rings (SSSR count). The summed E-state index contributed by atoms with van der Waals surface area (Å²) in [5, 5.41) is 3.18. The van der Waals surface area contributed by atoms with Crippen molar-refractivity contribution in [2.75, 3.05) is 7.11 Å². The molecule has 0 N–H and O–H groups in total. The van der Waals surface area contributed by atoms with Crippen LogP contribution in [0.2, 0.25) is 39.3 Å². The molecule has 0 heterocycles. The van der Waals surface area contributed by atoms with Crippen molar-refractivity contribution in [1.29, 1.82) is 0 Å². The Kier molecular flexibility index (Phi) is 3.70. The van der Waals surface area contributed by atoms with Gasteiger partial charge < -0.3 is 4.74 Å². The zero-order chi connectivity index (χ0) is 12.6. The molecule has 1 nitrogen and oxygen atoms in total. The third-order valence-corrected chi connectivity index (χ3v) is 7.17. The zero-order valence-electron chi connectivity index (χ0n) is 11.6. The van der Waals surface area contributed by atoms with Crippen molar-refractivity contribution in [3.05, 3.63) is 18.2 Å². The monoisotopic (exact) mass is 252 g/mol. The van der Waals surface area contributed by atoms with Crippen LogP contribution in [0.3, 0.4) is 0 Å². The number of hydrogen-bond acceptors (Lipinski definition) is 1. The fraction of sp³-hybridized carbons (Fsp3) is 0.538. The molecule has 0 amide bonds. The van der Waals surface area contributed by atoms with Crippen molar-refractivity contribution in [1.82, 2.24) is 0 Å². The summed E-state index contributed by atoms with van der Waals surface area (Å²) >= 11 is 0. The molecule has 0 spiro atoms. The number of rotatable bonds is 3. The van der Waals surface area contributed by atoms with Crippen molar-refractivity contribution in [3.63, 3.8) is 0 Å². The van der Waals surface area contributed by atoms with Gasteiger partial charge in [-0.3, -0.25) is 0 Å². The van der Waals surface area contributed by atoms with Crippen molar-refractivity contribution >= 4 is 26.5 Å². The number of methoxy groups -OCH3 is 1. The maximum atomic E-state index is 5.36. The van der Waals surface area contributed by atoms with Gasteiger partial charge in [0.05, 0.1) is 23.3 Å². The van der Waals surface area contributed by atoms with Gasteiger partial charge in [-0.05, 0) is 12.1 Å². The molecule has 0 atom stereocenters. The van der Waals surface area contributed by atoms with Crippen LogP contribution in [0.5, 0.6) is 5.75 Å². The minimum atomic E-state index is -1.28. The van der Waals surface area contributed by atoms with Crippen molar-refractivity contribution in [3.8, 4) is 5.75 Å². The maximum absolute atomic E-state index is 5.36. The molecule has 0 saturated carbocycles. The van der Waals surface area contributed by atoms with Crippen molar-refractivity contribution in [2.45, 2.75) is 39.3 Å². The molecule has 0 bridgehead atoms. The first kappa shape index (κ1) is 13.5. The molecule has 90 valence electrons. The second kappa shape index (κ2) is 4.37. The molecule has 1 aromatic rings. The fourth-order valence-electron chi connectivity index (χ4n) is 1.92. The third kappa shape index (κ3) is 2.98. The van der Waals surface area contributed by atoms with Crippen LogP contribution in [-0.4, -0.2) is 23.3 Å². The lowest BCUT2D eigenvalue weighted by Crippen LogP contribution is -2.56. The van der Waals surface area contributed by atoms with E-state index in [0.717, 1.165) is 5.75 Å². The van der Waals surface area contributed by atoms with Gasteiger partial charge in [-0.25, -0.2) is 0 Å². The highest BCUT2D eigenvalue weighted by atomic mass is 28.3. The maximum Gasteiger partial charge on any atom is 0.118 e. The van der Waals surface area contributed by atoms with Crippen LogP contribution in [0, 0.1) is 0 Å². The van der Waals surface area contributed by atoms with E-state index >= 15 is 0 Å². The number of ether oxygens (including phenoxy) is 1. The van der Waals surface area contributed by atoms with Gasteiger partial charge in [-0.2, -0.15) is 0 Å². The second-order valence-electron chi connectivity index (χ2n) is 6.41. The minimum Gasteiger partial charge on any atom is -0.497 e. The summed E-state index contributed by atoms with van der Waals surface area (Å²) in [4.78, 5) is 0. The lowest BCUT2D eigenvalue weighted by molar-refractivity contribution is 0.415. The average Bonchev–Trinajstić information content (AvgIpc) is 2.14. The number of hydrogen-bond donors (Lipinski definition) is 0. The minimum absolute atomic E-state index is 0.999. The molecule has 0 saturated heterocycles. The normalized spacial score (nSPS) is 12.7. The first-order valence-corrected chi connectivity index (χ1v) is 12.9. The molecule has 0 aliphatic rings. The predicted octanol–water partition coefficient (Wildman–Crippen LogP) is 2.79. The Bertz CT molecular complexity index is 372. The Hall–Kier alpha value is -0.546. The van der Waals surface area contributed by atoms with Gasteiger partial charge >= 0.3 is 0 Å². The van der Waals surface area contributed by atoms with E-state index in [1.807, 2.05) is 0 Å². The lowest BCUT2D eigenvalue weighted by Gasteiger charge is -2.28. The lowest BCUT2D eigenvalue weighted by atomic mass is 10.3. The zero-order valence-corrected chi connectivity index (χ0v) is 13.6. The summed E-state index contributed by atoms with van der Waals surface area (Å²) in [7, 11) is -0.777. The van der Waals surface area contributed by atoms with Gasteiger partial charge in [0.2, 0.25) is 0 Å². The molecular weight excluding hydrogens is 228 g/mol. The molecule has 3 heteroatoms. The molecule has 0 unspecified atom stereocenters. The standard InChI is InChI=1S/C13H24OSi2/c1-14-11-8-9-12(15(2,3)4)13(10-11)16(5,6)7/h8-10H,1-7H3.